The Bertz CT molecular complexity index is 733. The molecule has 1 N–H and O–H groups in total. The van der Waals surface area contributed by atoms with Crippen molar-refractivity contribution >= 4 is 10.8 Å². The van der Waals surface area contributed by atoms with Gasteiger partial charge in [0.2, 0.25) is 0 Å². The summed E-state index contributed by atoms with van der Waals surface area (Å²) in [5.41, 5.74) is 2.08. The van der Waals surface area contributed by atoms with Gasteiger partial charge in [-0.25, -0.2) is 0 Å². The number of rotatable bonds is 3. The van der Waals surface area contributed by atoms with Crippen LogP contribution < -0.4 is 4.74 Å². The van der Waals surface area contributed by atoms with E-state index in [1.165, 1.54) is 5.56 Å². The maximum Gasteiger partial charge on any atom is 0.161 e. The Hall–Kier alpha value is -2.48. The number of hydrogen-bond donors (Lipinski definition) is 1. The van der Waals surface area contributed by atoms with E-state index < -0.39 is 0 Å². The van der Waals surface area contributed by atoms with Crippen molar-refractivity contribution < 1.29 is 9.84 Å². The Labute approximate surface area is 118 Å². The zero-order valence-electron chi connectivity index (χ0n) is 11.3. The number of ether oxygens (including phenoxy) is 1. The molecule has 0 saturated carbocycles. The van der Waals surface area contributed by atoms with E-state index in [2.05, 4.69) is 12.1 Å². The Kier molecular flexibility index (Phi) is 3.30. The van der Waals surface area contributed by atoms with Crippen LogP contribution in [0.3, 0.4) is 0 Å². The van der Waals surface area contributed by atoms with Crippen LogP contribution in [0.15, 0.2) is 60.7 Å². The number of phenols is 1. The molecule has 0 bridgehead atoms. The van der Waals surface area contributed by atoms with Crippen molar-refractivity contribution in [3.8, 4) is 11.5 Å². The molecule has 0 spiro atoms. The fraction of sp³-hybridized carbons (Fsp3) is 0.111. The molecule has 0 saturated heterocycles. The molecule has 0 unspecified atom stereocenters. The van der Waals surface area contributed by atoms with E-state index in [0.29, 0.717) is 12.2 Å². The molecule has 100 valence electrons. The molecule has 3 rings (SSSR count). The van der Waals surface area contributed by atoms with Gasteiger partial charge in [0, 0.05) is 12.0 Å². The summed E-state index contributed by atoms with van der Waals surface area (Å²) in [6.07, 6.45) is 0.685. The lowest BCUT2D eigenvalue weighted by atomic mass is 9.97. The minimum Gasteiger partial charge on any atom is -0.504 e. The molecule has 0 heterocycles. The monoisotopic (exact) mass is 264 g/mol. The molecule has 0 radical (unpaired) electrons. The average Bonchev–Trinajstić information content (AvgIpc) is 2.51. The van der Waals surface area contributed by atoms with Crippen LogP contribution in [0.1, 0.15) is 11.1 Å². The van der Waals surface area contributed by atoms with Gasteiger partial charge in [0.25, 0.3) is 0 Å². The number of hydrogen-bond acceptors (Lipinski definition) is 2. The molecule has 2 nitrogen and oxygen atoms in total. The van der Waals surface area contributed by atoms with Gasteiger partial charge in [0.05, 0.1) is 7.11 Å². The van der Waals surface area contributed by atoms with Crippen LogP contribution in [0.25, 0.3) is 10.8 Å². The van der Waals surface area contributed by atoms with Crippen LogP contribution in [0.5, 0.6) is 11.5 Å². The predicted octanol–water partition coefficient (Wildman–Crippen LogP) is 4.14. The quantitative estimate of drug-likeness (QED) is 0.770. The second-order valence-electron chi connectivity index (χ2n) is 4.79. The molecule has 0 fully saturated rings. The van der Waals surface area contributed by atoms with Gasteiger partial charge < -0.3 is 9.84 Å². The first-order chi connectivity index (χ1) is 9.79. The predicted molar refractivity (Wildman–Crippen MR) is 81.4 cm³/mol. The van der Waals surface area contributed by atoms with Gasteiger partial charge in [-0.2, -0.15) is 0 Å². The van der Waals surface area contributed by atoms with Crippen LogP contribution in [-0.2, 0) is 6.42 Å². The third-order valence-electron chi connectivity index (χ3n) is 3.54. The lowest BCUT2D eigenvalue weighted by Gasteiger charge is -2.13. The third kappa shape index (κ3) is 2.21. The summed E-state index contributed by atoms with van der Waals surface area (Å²) >= 11 is 0. The first-order valence-electron chi connectivity index (χ1n) is 6.61. The summed E-state index contributed by atoms with van der Waals surface area (Å²) in [5.74, 6) is 0.754. The lowest BCUT2D eigenvalue weighted by Crippen LogP contribution is -1.94. The molecular formula is C18H16O2. The van der Waals surface area contributed by atoms with E-state index in [-0.39, 0.29) is 5.75 Å². The highest BCUT2D eigenvalue weighted by atomic mass is 16.5. The van der Waals surface area contributed by atoms with Crippen LogP contribution in [0.2, 0.25) is 0 Å². The highest BCUT2D eigenvalue weighted by molar-refractivity contribution is 5.90. The molecular weight excluding hydrogens is 248 g/mol. The maximum absolute atomic E-state index is 10.4. The van der Waals surface area contributed by atoms with E-state index in [0.717, 1.165) is 16.3 Å². The number of methoxy groups -OCH3 is 1. The fourth-order valence-corrected chi connectivity index (χ4v) is 2.52. The van der Waals surface area contributed by atoms with Crippen molar-refractivity contribution in [3.63, 3.8) is 0 Å². The highest BCUT2D eigenvalue weighted by Crippen LogP contribution is 2.37. The van der Waals surface area contributed by atoms with E-state index in [4.69, 9.17) is 4.74 Å². The van der Waals surface area contributed by atoms with Gasteiger partial charge in [-0.3, -0.25) is 0 Å². The van der Waals surface area contributed by atoms with Crippen LogP contribution in [-0.4, -0.2) is 12.2 Å². The maximum atomic E-state index is 10.4. The number of aromatic hydroxyl groups is 1. The lowest BCUT2D eigenvalue weighted by molar-refractivity contribution is 0.372. The summed E-state index contributed by atoms with van der Waals surface area (Å²) < 4.78 is 5.28. The Morgan fingerprint density at radius 1 is 0.950 bits per heavy atom. The molecule has 0 amide bonds. The van der Waals surface area contributed by atoms with Crippen molar-refractivity contribution in [2.45, 2.75) is 6.42 Å². The molecule has 20 heavy (non-hydrogen) atoms. The molecule has 0 atom stereocenters. The first-order valence-corrected chi connectivity index (χ1v) is 6.61. The van der Waals surface area contributed by atoms with Crippen molar-refractivity contribution in [1.29, 1.82) is 0 Å². The van der Waals surface area contributed by atoms with Crippen molar-refractivity contribution in [1.82, 2.24) is 0 Å². The van der Waals surface area contributed by atoms with E-state index >= 15 is 0 Å². The largest absolute Gasteiger partial charge is 0.504 e. The SMILES string of the molecule is COc1cc2ccccc2c(Cc2ccccc2)c1O. The van der Waals surface area contributed by atoms with Crippen molar-refractivity contribution in [2.24, 2.45) is 0 Å². The topological polar surface area (TPSA) is 29.5 Å². The smallest absolute Gasteiger partial charge is 0.161 e. The number of fused-ring (bicyclic) bond motifs is 1. The van der Waals surface area contributed by atoms with Gasteiger partial charge in [-0.1, -0.05) is 54.6 Å². The van der Waals surface area contributed by atoms with Crippen LogP contribution >= 0.6 is 0 Å². The second kappa shape index (κ2) is 5.25. The molecule has 3 aromatic rings. The van der Waals surface area contributed by atoms with Crippen molar-refractivity contribution in [2.75, 3.05) is 7.11 Å². The van der Waals surface area contributed by atoms with Crippen molar-refractivity contribution in [3.05, 3.63) is 71.8 Å². The van der Waals surface area contributed by atoms with E-state index in [1.807, 2.05) is 48.5 Å². The van der Waals surface area contributed by atoms with Gasteiger partial charge in [0.1, 0.15) is 0 Å². The van der Waals surface area contributed by atoms with Crippen LogP contribution in [0, 0.1) is 0 Å². The third-order valence-corrected chi connectivity index (χ3v) is 3.54. The highest BCUT2D eigenvalue weighted by Gasteiger charge is 2.13. The molecule has 0 aliphatic heterocycles. The Morgan fingerprint density at radius 2 is 1.65 bits per heavy atom. The average molecular weight is 264 g/mol. The molecule has 0 aliphatic carbocycles. The Morgan fingerprint density at radius 3 is 2.40 bits per heavy atom. The first kappa shape index (κ1) is 12.5. The van der Waals surface area contributed by atoms with E-state index in [1.54, 1.807) is 7.11 Å². The normalized spacial score (nSPS) is 10.7. The van der Waals surface area contributed by atoms with E-state index in [9.17, 15) is 5.11 Å². The summed E-state index contributed by atoms with van der Waals surface area (Å²) in [5, 5.41) is 12.6. The molecule has 2 heteroatoms. The minimum atomic E-state index is 0.232. The number of benzene rings is 3. The zero-order chi connectivity index (χ0) is 13.9. The van der Waals surface area contributed by atoms with Gasteiger partial charge in [-0.15, -0.1) is 0 Å². The standard InChI is InChI=1S/C18H16O2/c1-20-17-12-14-9-5-6-10-15(14)16(18(17)19)11-13-7-3-2-4-8-13/h2-10,12,19H,11H2,1H3. The molecule has 0 aliphatic rings. The zero-order valence-corrected chi connectivity index (χ0v) is 11.3. The Balaban J connectivity index is 2.19. The molecule has 3 aromatic carbocycles. The summed E-state index contributed by atoms with van der Waals surface area (Å²) in [4.78, 5) is 0. The van der Waals surface area contributed by atoms with Gasteiger partial charge >= 0.3 is 0 Å². The van der Waals surface area contributed by atoms with Gasteiger partial charge in [0.15, 0.2) is 11.5 Å². The number of phenolic OH excluding ortho intramolecular Hbond substituents is 1. The fourth-order valence-electron chi connectivity index (χ4n) is 2.52. The molecule has 0 aromatic heterocycles. The van der Waals surface area contributed by atoms with Gasteiger partial charge in [-0.05, 0) is 22.4 Å². The van der Waals surface area contributed by atoms with Crippen LogP contribution in [0.4, 0.5) is 0 Å². The summed E-state index contributed by atoms with van der Waals surface area (Å²) in [6.45, 7) is 0. The summed E-state index contributed by atoms with van der Waals surface area (Å²) in [6, 6.07) is 20.1. The second-order valence-corrected chi connectivity index (χ2v) is 4.79. The minimum absolute atomic E-state index is 0.232. The summed E-state index contributed by atoms with van der Waals surface area (Å²) in [7, 11) is 1.58.